The van der Waals surface area contributed by atoms with E-state index in [0.29, 0.717) is 13.0 Å². The quantitative estimate of drug-likeness (QED) is 0.283. The third-order valence-corrected chi connectivity index (χ3v) is 2.27. The summed E-state index contributed by atoms with van der Waals surface area (Å²) in [6.45, 7) is 0.604. The van der Waals surface area contributed by atoms with Gasteiger partial charge in [-0.1, -0.05) is 6.42 Å². The summed E-state index contributed by atoms with van der Waals surface area (Å²) < 4.78 is 0. The van der Waals surface area contributed by atoms with E-state index in [0.717, 1.165) is 12.8 Å². The van der Waals surface area contributed by atoms with Gasteiger partial charge in [0, 0.05) is 6.42 Å². The molecule has 0 spiro atoms. The minimum Gasteiger partial charge on any atom is -0.481 e. The number of carbonyl (C=O) groups is 3. The van der Waals surface area contributed by atoms with Crippen LogP contribution in [0.3, 0.4) is 0 Å². The van der Waals surface area contributed by atoms with Gasteiger partial charge < -0.3 is 32.5 Å². The summed E-state index contributed by atoms with van der Waals surface area (Å²) in [6, 6.07) is -1.78. The average molecular weight is 293 g/mol. The molecule has 0 saturated carbocycles. The molecule has 0 aliphatic rings. The summed E-state index contributed by atoms with van der Waals surface area (Å²) in [5, 5.41) is 24.6. The van der Waals surface area contributed by atoms with E-state index in [4.69, 9.17) is 32.5 Å². The molecule has 9 N–H and O–H groups in total. The van der Waals surface area contributed by atoms with Crippen molar-refractivity contribution in [2.24, 2.45) is 17.2 Å². The van der Waals surface area contributed by atoms with Crippen molar-refractivity contribution in [3.05, 3.63) is 0 Å². The zero-order valence-corrected chi connectivity index (χ0v) is 11.2. The first-order chi connectivity index (χ1) is 9.22. The van der Waals surface area contributed by atoms with Crippen LogP contribution in [0, 0.1) is 0 Å². The molecule has 0 aromatic rings. The first-order valence-corrected chi connectivity index (χ1v) is 6.11. The number of unbranched alkanes of at least 4 members (excludes halogenated alkanes) is 1. The fourth-order valence-corrected chi connectivity index (χ4v) is 1.03. The Morgan fingerprint density at radius 2 is 1.30 bits per heavy atom. The second-order valence-electron chi connectivity index (χ2n) is 4.11. The molecule has 1 unspecified atom stereocenters. The molecular weight excluding hydrogens is 270 g/mol. The second-order valence-corrected chi connectivity index (χ2v) is 4.11. The van der Waals surface area contributed by atoms with Crippen molar-refractivity contribution in [1.29, 1.82) is 0 Å². The Balaban J connectivity index is 0. The fourth-order valence-electron chi connectivity index (χ4n) is 1.03. The van der Waals surface area contributed by atoms with E-state index in [1.165, 1.54) is 0 Å². The molecule has 0 aromatic carbocycles. The highest BCUT2D eigenvalue weighted by Crippen LogP contribution is 1.97. The third-order valence-electron chi connectivity index (χ3n) is 2.27. The Hall–Kier alpha value is -1.71. The summed E-state index contributed by atoms with van der Waals surface area (Å²) in [4.78, 5) is 30.0. The summed E-state index contributed by atoms with van der Waals surface area (Å²) >= 11 is 0. The SMILES string of the molecule is NC(CCC(=O)O)C(=O)O.NCCCC[C@H](N)C(=O)O. The predicted molar refractivity (Wildman–Crippen MR) is 71.0 cm³/mol. The van der Waals surface area contributed by atoms with Gasteiger partial charge in [0.1, 0.15) is 12.1 Å². The van der Waals surface area contributed by atoms with Gasteiger partial charge >= 0.3 is 17.9 Å². The number of carboxylic acids is 3. The number of hydrogen-bond acceptors (Lipinski definition) is 6. The van der Waals surface area contributed by atoms with Gasteiger partial charge in [-0.15, -0.1) is 0 Å². The van der Waals surface area contributed by atoms with Gasteiger partial charge in [-0.25, -0.2) is 0 Å². The maximum atomic E-state index is 10.1. The Morgan fingerprint density at radius 1 is 0.850 bits per heavy atom. The maximum Gasteiger partial charge on any atom is 0.320 e. The lowest BCUT2D eigenvalue weighted by atomic mass is 10.1. The molecule has 0 heterocycles. The summed E-state index contributed by atoms with van der Waals surface area (Å²) in [7, 11) is 0. The molecular formula is C11H23N3O6. The van der Waals surface area contributed by atoms with E-state index < -0.39 is 30.0 Å². The molecule has 0 saturated heterocycles. The summed E-state index contributed by atoms with van der Waals surface area (Å²) in [5.74, 6) is -3.13. The maximum absolute atomic E-state index is 10.1. The highest BCUT2D eigenvalue weighted by Gasteiger charge is 2.12. The van der Waals surface area contributed by atoms with E-state index in [1.54, 1.807) is 0 Å². The molecule has 2 atom stereocenters. The highest BCUT2D eigenvalue weighted by atomic mass is 16.4. The fraction of sp³-hybridized carbons (Fsp3) is 0.727. The van der Waals surface area contributed by atoms with Crippen molar-refractivity contribution < 1.29 is 29.7 Å². The Labute approximate surface area is 116 Å². The summed E-state index contributed by atoms with van der Waals surface area (Å²) in [6.07, 6.45) is 1.94. The minimum absolute atomic E-state index is 0.0231. The first-order valence-electron chi connectivity index (χ1n) is 6.11. The topological polar surface area (TPSA) is 190 Å². The van der Waals surface area contributed by atoms with Gasteiger partial charge in [0.2, 0.25) is 0 Å². The van der Waals surface area contributed by atoms with Crippen LogP contribution in [0.25, 0.3) is 0 Å². The molecule has 9 heteroatoms. The number of nitrogens with two attached hydrogens (primary N) is 3. The molecule has 0 radical (unpaired) electrons. The van der Waals surface area contributed by atoms with Crippen LogP contribution < -0.4 is 17.2 Å². The van der Waals surface area contributed by atoms with Gasteiger partial charge in [0.15, 0.2) is 0 Å². The number of hydrogen-bond donors (Lipinski definition) is 6. The van der Waals surface area contributed by atoms with Crippen molar-refractivity contribution in [2.75, 3.05) is 6.54 Å². The van der Waals surface area contributed by atoms with E-state index in [9.17, 15) is 14.4 Å². The van der Waals surface area contributed by atoms with Crippen molar-refractivity contribution in [2.45, 2.75) is 44.2 Å². The van der Waals surface area contributed by atoms with Gasteiger partial charge in [-0.3, -0.25) is 14.4 Å². The molecule has 9 nitrogen and oxygen atoms in total. The lowest BCUT2D eigenvalue weighted by Crippen LogP contribution is -2.30. The largest absolute Gasteiger partial charge is 0.481 e. The van der Waals surface area contributed by atoms with Crippen LogP contribution in [0.1, 0.15) is 32.1 Å². The van der Waals surface area contributed by atoms with Crippen LogP contribution in [0.2, 0.25) is 0 Å². The number of carboxylic acid groups (broad SMARTS) is 3. The van der Waals surface area contributed by atoms with E-state index in [2.05, 4.69) is 0 Å². The van der Waals surface area contributed by atoms with Gasteiger partial charge in [0.05, 0.1) is 0 Å². The zero-order chi connectivity index (χ0) is 16.1. The predicted octanol–water partition coefficient (Wildman–Crippen LogP) is -1.21. The highest BCUT2D eigenvalue weighted by molar-refractivity contribution is 5.74. The van der Waals surface area contributed by atoms with Crippen LogP contribution >= 0.6 is 0 Å². The average Bonchev–Trinajstić information content (AvgIpc) is 2.36. The van der Waals surface area contributed by atoms with E-state index in [1.807, 2.05) is 0 Å². The Bertz CT molecular complexity index is 311. The third kappa shape index (κ3) is 14.4. The second kappa shape index (κ2) is 12.3. The molecule has 0 aliphatic heterocycles. The van der Waals surface area contributed by atoms with Crippen LogP contribution in [0.4, 0.5) is 0 Å². The number of rotatable bonds is 9. The molecule has 20 heavy (non-hydrogen) atoms. The standard InChI is InChI=1S/C6H14N2O2.C5H9NO4/c7-4-2-1-3-5(8)6(9)10;6-3(5(9)10)1-2-4(7)8/h5H,1-4,7-8H2,(H,9,10);3H,1-2,6H2,(H,7,8)(H,9,10)/t5-;/m0./s1. The lowest BCUT2D eigenvalue weighted by molar-refractivity contribution is -0.140. The van der Waals surface area contributed by atoms with Gasteiger partial charge in [0.25, 0.3) is 0 Å². The molecule has 0 aromatic heterocycles. The first kappa shape index (κ1) is 20.6. The summed E-state index contributed by atoms with van der Waals surface area (Å²) in [5.41, 5.74) is 15.4. The molecule has 118 valence electrons. The van der Waals surface area contributed by atoms with E-state index in [-0.39, 0.29) is 12.8 Å². The molecule has 0 amide bonds. The normalized spacial score (nSPS) is 12.8. The molecule has 0 rings (SSSR count). The van der Waals surface area contributed by atoms with Crippen molar-refractivity contribution in [1.82, 2.24) is 0 Å². The van der Waals surface area contributed by atoms with Crippen LogP contribution in [0.15, 0.2) is 0 Å². The molecule has 0 bridgehead atoms. The zero-order valence-electron chi connectivity index (χ0n) is 11.2. The van der Waals surface area contributed by atoms with Crippen LogP contribution in [0.5, 0.6) is 0 Å². The van der Waals surface area contributed by atoms with Crippen molar-refractivity contribution in [3.8, 4) is 0 Å². The minimum atomic E-state index is -1.17. The molecule has 0 aliphatic carbocycles. The smallest absolute Gasteiger partial charge is 0.320 e. The lowest BCUT2D eigenvalue weighted by Gasteiger charge is -2.03. The monoisotopic (exact) mass is 293 g/mol. The van der Waals surface area contributed by atoms with E-state index >= 15 is 0 Å². The van der Waals surface area contributed by atoms with Crippen LogP contribution in [-0.2, 0) is 14.4 Å². The van der Waals surface area contributed by atoms with Gasteiger partial charge in [-0.05, 0) is 25.8 Å². The number of aliphatic carboxylic acids is 3. The Morgan fingerprint density at radius 3 is 1.65 bits per heavy atom. The Kier molecular flexibility index (Phi) is 12.7. The van der Waals surface area contributed by atoms with Crippen molar-refractivity contribution >= 4 is 17.9 Å². The van der Waals surface area contributed by atoms with Gasteiger partial charge in [-0.2, -0.15) is 0 Å². The van der Waals surface area contributed by atoms with Crippen molar-refractivity contribution in [3.63, 3.8) is 0 Å². The molecule has 0 fully saturated rings. The van der Waals surface area contributed by atoms with Crippen LogP contribution in [-0.4, -0.2) is 51.9 Å².